The van der Waals surface area contributed by atoms with Crippen LogP contribution < -0.4 is 0 Å². The van der Waals surface area contributed by atoms with Crippen LogP contribution in [-0.2, 0) is 17.6 Å². The number of benzene rings is 1. The maximum absolute atomic E-state index is 10.5. The highest BCUT2D eigenvalue weighted by atomic mass is 79.9. The summed E-state index contributed by atoms with van der Waals surface area (Å²) in [6, 6.07) is 10.3. The van der Waals surface area contributed by atoms with Crippen LogP contribution in [0.1, 0.15) is 22.1 Å². The first-order valence-electron chi connectivity index (χ1n) is 6.35. The Morgan fingerprint density at radius 3 is 3.00 bits per heavy atom. The Morgan fingerprint density at radius 2 is 2.21 bits per heavy atom. The summed E-state index contributed by atoms with van der Waals surface area (Å²) in [5, 5.41) is 12.5. The molecule has 1 aromatic heterocycles. The number of thiophene rings is 1. The van der Waals surface area contributed by atoms with Crippen LogP contribution in [0.4, 0.5) is 0 Å². The molecule has 2 heterocycles. The number of fused-ring (bicyclic) bond motifs is 1. The highest BCUT2D eigenvalue weighted by Gasteiger charge is 2.28. The van der Waals surface area contributed by atoms with Crippen LogP contribution in [0.15, 0.2) is 40.2 Å². The molecule has 0 amide bonds. The second kappa shape index (κ2) is 5.75. The summed E-state index contributed by atoms with van der Waals surface area (Å²) in [7, 11) is 0. The summed E-state index contributed by atoms with van der Waals surface area (Å²) in [4.78, 5) is 1.17. The highest BCUT2D eigenvalue weighted by Crippen LogP contribution is 2.33. The lowest BCUT2D eigenvalue weighted by molar-refractivity contribution is -0.0458. The summed E-state index contributed by atoms with van der Waals surface area (Å²) in [5.74, 6) is 0. The maximum Gasteiger partial charge on any atom is 0.109 e. The lowest BCUT2D eigenvalue weighted by atomic mass is 9.93. The molecular formula is C15H15BrO2S. The number of aliphatic hydroxyl groups is 1. The van der Waals surface area contributed by atoms with Gasteiger partial charge in [0.1, 0.15) is 6.10 Å². The van der Waals surface area contributed by atoms with Crippen molar-refractivity contribution in [1.82, 2.24) is 0 Å². The zero-order valence-corrected chi connectivity index (χ0v) is 12.8. The summed E-state index contributed by atoms with van der Waals surface area (Å²) < 4.78 is 6.86. The fourth-order valence-corrected chi connectivity index (χ4v) is 4.08. The van der Waals surface area contributed by atoms with Gasteiger partial charge in [-0.2, -0.15) is 0 Å². The van der Waals surface area contributed by atoms with Crippen LogP contribution in [-0.4, -0.2) is 17.8 Å². The fraction of sp³-hybridized carbons (Fsp3) is 0.333. The Morgan fingerprint density at radius 1 is 1.37 bits per heavy atom. The van der Waals surface area contributed by atoms with Crippen LogP contribution in [0.2, 0.25) is 0 Å². The van der Waals surface area contributed by atoms with Crippen LogP contribution in [0.3, 0.4) is 0 Å². The third-order valence-corrected chi connectivity index (χ3v) is 5.41. The van der Waals surface area contributed by atoms with E-state index in [9.17, 15) is 5.11 Å². The second-order valence-corrected chi connectivity index (χ2v) is 6.56. The SMILES string of the molecule is OC(Cc1sccc1Br)C1OCCc2ccccc21. The van der Waals surface area contributed by atoms with E-state index in [-0.39, 0.29) is 6.10 Å². The lowest BCUT2D eigenvalue weighted by Gasteiger charge is -2.29. The van der Waals surface area contributed by atoms with Crippen LogP contribution in [0, 0.1) is 0 Å². The molecule has 0 spiro atoms. The predicted octanol–water partition coefficient (Wildman–Crippen LogP) is 3.73. The molecule has 100 valence electrons. The Labute approximate surface area is 125 Å². The molecule has 2 unspecified atom stereocenters. The molecule has 0 radical (unpaired) electrons. The van der Waals surface area contributed by atoms with Gasteiger partial charge in [-0.1, -0.05) is 24.3 Å². The number of rotatable bonds is 3. The first-order chi connectivity index (χ1) is 9.25. The summed E-state index contributed by atoms with van der Waals surface area (Å²) >= 11 is 5.17. The van der Waals surface area contributed by atoms with E-state index in [1.165, 1.54) is 10.4 Å². The van der Waals surface area contributed by atoms with Crippen molar-refractivity contribution in [2.75, 3.05) is 6.61 Å². The molecule has 1 N–H and O–H groups in total. The minimum absolute atomic E-state index is 0.209. The van der Waals surface area contributed by atoms with Gasteiger partial charge in [0, 0.05) is 15.8 Å². The Hall–Kier alpha value is -0.680. The number of ether oxygens (including phenoxy) is 1. The van der Waals surface area contributed by atoms with E-state index < -0.39 is 6.10 Å². The molecule has 0 fully saturated rings. The molecule has 2 nitrogen and oxygen atoms in total. The standard InChI is InChI=1S/C15H15BrO2S/c16-12-6-8-19-14(12)9-13(17)15-11-4-2-1-3-10(11)5-7-18-15/h1-4,6,8,13,15,17H,5,7,9H2. The van der Waals surface area contributed by atoms with Crippen LogP contribution >= 0.6 is 27.3 Å². The van der Waals surface area contributed by atoms with Gasteiger partial charge in [-0.05, 0) is 44.9 Å². The average molecular weight is 339 g/mol. The Balaban J connectivity index is 1.81. The zero-order chi connectivity index (χ0) is 13.2. The number of aliphatic hydroxyl groups excluding tert-OH is 1. The van der Waals surface area contributed by atoms with Gasteiger partial charge in [0.15, 0.2) is 0 Å². The van der Waals surface area contributed by atoms with Gasteiger partial charge in [0.05, 0.1) is 12.7 Å². The van der Waals surface area contributed by atoms with E-state index in [2.05, 4.69) is 28.1 Å². The van der Waals surface area contributed by atoms with E-state index in [1.54, 1.807) is 11.3 Å². The third-order valence-electron chi connectivity index (χ3n) is 3.47. The molecule has 1 aromatic carbocycles. The number of halogens is 1. The quantitative estimate of drug-likeness (QED) is 0.923. The first kappa shape index (κ1) is 13.3. The number of hydrogen-bond donors (Lipinski definition) is 1. The minimum Gasteiger partial charge on any atom is -0.390 e. The molecule has 0 saturated carbocycles. The van der Waals surface area contributed by atoms with Crippen molar-refractivity contribution in [1.29, 1.82) is 0 Å². The van der Waals surface area contributed by atoms with Gasteiger partial charge in [0.25, 0.3) is 0 Å². The van der Waals surface area contributed by atoms with E-state index >= 15 is 0 Å². The van der Waals surface area contributed by atoms with Crippen molar-refractivity contribution in [3.05, 3.63) is 56.2 Å². The van der Waals surface area contributed by atoms with E-state index in [0.717, 1.165) is 16.5 Å². The van der Waals surface area contributed by atoms with Crippen molar-refractivity contribution < 1.29 is 9.84 Å². The minimum atomic E-state index is -0.503. The van der Waals surface area contributed by atoms with Crippen molar-refractivity contribution in [2.24, 2.45) is 0 Å². The number of hydrogen-bond acceptors (Lipinski definition) is 3. The van der Waals surface area contributed by atoms with Crippen molar-refractivity contribution >= 4 is 27.3 Å². The summed E-state index contributed by atoms with van der Waals surface area (Å²) in [6.45, 7) is 0.685. The molecule has 1 aliphatic heterocycles. The van der Waals surface area contributed by atoms with Gasteiger partial charge in [-0.25, -0.2) is 0 Å². The topological polar surface area (TPSA) is 29.5 Å². The lowest BCUT2D eigenvalue weighted by Crippen LogP contribution is -2.28. The molecule has 19 heavy (non-hydrogen) atoms. The molecule has 3 rings (SSSR count). The molecule has 2 aromatic rings. The third kappa shape index (κ3) is 2.77. The molecule has 0 bridgehead atoms. The average Bonchev–Trinajstić information content (AvgIpc) is 2.83. The molecule has 2 atom stereocenters. The van der Waals surface area contributed by atoms with Gasteiger partial charge in [-0.15, -0.1) is 11.3 Å². The Bertz CT molecular complexity index is 567. The van der Waals surface area contributed by atoms with E-state index in [0.29, 0.717) is 13.0 Å². The van der Waals surface area contributed by atoms with Crippen LogP contribution in [0.25, 0.3) is 0 Å². The highest BCUT2D eigenvalue weighted by molar-refractivity contribution is 9.10. The second-order valence-electron chi connectivity index (χ2n) is 4.70. The normalized spacial score (nSPS) is 20.0. The zero-order valence-electron chi connectivity index (χ0n) is 10.4. The monoisotopic (exact) mass is 338 g/mol. The smallest absolute Gasteiger partial charge is 0.109 e. The summed E-state index contributed by atoms with van der Waals surface area (Å²) in [6.07, 6.45) is 0.842. The molecule has 0 saturated heterocycles. The van der Waals surface area contributed by atoms with E-state index in [1.807, 2.05) is 23.6 Å². The van der Waals surface area contributed by atoms with Gasteiger partial charge >= 0.3 is 0 Å². The molecule has 4 heteroatoms. The first-order valence-corrected chi connectivity index (χ1v) is 8.02. The van der Waals surface area contributed by atoms with Crippen molar-refractivity contribution in [3.8, 4) is 0 Å². The largest absolute Gasteiger partial charge is 0.390 e. The van der Waals surface area contributed by atoms with Gasteiger partial charge in [-0.3, -0.25) is 0 Å². The van der Waals surface area contributed by atoms with Crippen molar-refractivity contribution in [2.45, 2.75) is 25.0 Å². The molecule has 1 aliphatic rings. The van der Waals surface area contributed by atoms with E-state index in [4.69, 9.17) is 4.74 Å². The van der Waals surface area contributed by atoms with Crippen LogP contribution in [0.5, 0.6) is 0 Å². The summed E-state index contributed by atoms with van der Waals surface area (Å²) in [5.41, 5.74) is 2.43. The van der Waals surface area contributed by atoms with Gasteiger partial charge < -0.3 is 9.84 Å². The molecule has 0 aliphatic carbocycles. The van der Waals surface area contributed by atoms with Crippen molar-refractivity contribution in [3.63, 3.8) is 0 Å². The molecular weight excluding hydrogens is 324 g/mol. The Kier molecular flexibility index (Phi) is 4.03. The van der Waals surface area contributed by atoms with Gasteiger partial charge in [0.2, 0.25) is 0 Å². The fourth-order valence-electron chi connectivity index (χ4n) is 2.51. The predicted molar refractivity (Wildman–Crippen MR) is 80.6 cm³/mol. The maximum atomic E-state index is 10.5.